The van der Waals surface area contributed by atoms with E-state index in [1.165, 1.54) is 0 Å². The summed E-state index contributed by atoms with van der Waals surface area (Å²) >= 11 is 0. The van der Waals surface area contributed by atoms with Gasteiger partial charge in [-0.05, 0) is 31.8 Å². The van der Waals surface area contributed by atoms with Crippen molar-refractivity contribution in [1.82, 2.24) is 0 Å². The van der Waals surface area contributed by atoms with E-state index in [1.807, 2.05) is 0 Å². The minimum absolute atomic E-state index is 0.101. The molecule has 4 nitrogen and oxygen atoms in total. The van der Waals surface area contributed by atoms with Crippen molar-refractivity contribution in [2.24, 2.45) is 5.73 Å². The van der Waals surface area contributed by atoms with Crippen LogP contribution >= 0.6 is 0 Å². The molecule has 4 heteroatoms. The van der Waals surface area contributed by atoms with E-state index in [4.69, 9.17) is 15.6 Å². The average molecular weight is 227 g/mol. The SMILES string of the molecule is CCC(CC)OC1C=C(C(=O)O)CC(N)C1. The molecule has 1 aliphatic rings. The van der Waals surface area contributed by atoms with Crippen molar-refractivity contribution in [1.29, 1.82) is 0 Å². The van der Waals surface area contributed by atoms with Crippen LogP contribution in [0.3, 0.4) is 0 Å². The summed E-state index contributed by atoms with van der Waals surface area (Å²) < 4.78 is 5.82. The van der Waals surface area contributed by atoms with Gasteiger partial charge in [-0.1, -0.05) is 13.8 Å². The van der Waals surface area contributed by atoms with Gasteiger partial charge in [-0.15, -0.1) is 0 Å². The van der Waals surface area contributed by atoms with Crippen LogP contribution in [0.25, 0.3) is 0 Å². The van der Waals surface area contributed by atoms with Crippen molar-refractivity contribution < 1.29 is 14.6 Å². The first-order valence-corrected chi connectivity index (χ1v) is 5.91. The zero-order valence-electron chi connectivity index (χ0n) is 9.98. The summed E-state index contributed by atoms with van der Waals surface area (Å²) in [6.45, 7) is 4.14. The number of rotatable bonds is 5. The van der Waals surface area contributed by atoms with Crippen LogP contribution in [0, 0.1) is 0 Å². The molecule has 0 amide bonds. The van der Waals surface area contributed by atoms with Crippen molar-refractivity contribution in [3.8, 4) is 0 Å². The quantitative estimate of drug-likeness (QED) is 0.749. The Balaban J connectivity index is 2.65. The molecule has 2 atom stereocenters. The molecule has 0 spiro atoms. The molecule has 0 bridgehead atoms. The molecule has 92 valence electrons. The van der Waals surface area contributed by atoms with Crippen molar-refractivity contribution in [2.45, 2.75) is 57.8 Å². The number of carboxylic acids is 1. The molecule has 1 rings (SSSR count). The largest absolute Gasteiger partial charge is 0.478 e. The lowest BCUT2D eigenvalue weighted by atomic mass is 9.93. The Morgan fingerprint density at radius 1 is 1.62 bits per heavy atom. The minimum Gasteiger partial charge on any atom is -0.478 e. The molecule has 0 aliphatic heterocycles. The highest BCUT2D eigenvalue weighted by molar-refractivity contribution is 5.87. The lowest BCUT2D eigenvalue weighted by Crippen LogP contribution is -2.34. The zero-order valence-corrected chi connectivity index (χ0v) is 9.98. The number of aliphatic carboxylic acids is 1. The molecule has 1 aliphatic carbocycles. The van der Waals surface area contributed by atoms with E-state index < -0.39 is 5.97 Å². The summed E-state index contributed by atoms with van der Waals surface area (Å²) in [6.07, 6.45) is 4.81. The number of ether oxygens (including phenoxy) is 1. The summed E-state index contributed by atoms with van der Waals surface area (Å²) in [5, 5.41) is 8.94. The monoisotopic (exact) mass is 227 g/mol. The maximum absolute atomic E-state index is 10.9. The van der Waals surface area contributed by atoms with Gasteiger partial charge in [0, 0.05) is 11.6 Å². The van der Waals surface area contributed by atoms with E-state index in [0.717, 1.165) is 12.8 Å². The Bertz CT molecular complexity index is 271. The van der Waals surface area contributed by atoms with Gasteiger partial charge in [-0.2, -0.15) is 0 Å². The van der Waals surface area contributed by atoms with E-state index in [2.05, 4.69) is 13.8 Å². The fourth-order valence-electron chi connectivity index (χ4n) is 2.01. The minimum atomic E-state index is -0.881. The van der Waals surface area contributed by atoms with Gasteiger partial charge in [-0.3, -0.25) is 0 Å². The van der Waals surface area contributed by atoms with Gasteiger partial charge in [0.2, 0.25) is 0 Å². The van der Waals surface area contributed by atoms with Crippen molar-refractivity contribution >= 4 is 5.97 Å². The zero-order chi connectivity index (χ0) is 12.1. The third-order valence-corrected chi connectivity index (χ3v) is 2.96. The van der Waals surface area contributed by atoms with Gasteiger partial charge in [0.05, 0.1) is 12.2 Å². The Hall–Kier alpha value is -0.870. The Labute approximate surface area is 96.5 Å². The second-order valence-electron chi connectivity index (χ2n) is 4.31. The lowest BCUT2D eigenvalue weighted by molar-refractivity contribution is -0.133. The molecule has 16 heavy (non-hydrogen) atoms. The molecule has 0 aromatic heterocycles. The average Bonchev–Trinajstić information content (AvgIpc) is 2.25. The van der Waals surface area contributed by atoms with Gasteiger partial charge < -0.3 is 15.6 Å². The number of hydrogen-bond donors (Lipinski definition) is 2. The molecule has 2 unspecified atom stereocenters. The van der Waals surface area contributed by atoms with E-state index in [0.29, 0.717) is 18.4 Å². The molecule has 0 aromatic carbocycles. The Morgan fingerprint density at radius 3 is 2.75 bits per heavy atom. The van der Waals surface area contributed by atoms with E-state index in [9.17, 15) is 4.79 Å². The molecule has 3 N–H and O–H groups in total. The van der Waals surface area contributed by atoms with Crippen LogP contribution in [0.15, 0.2) is 11.6 Å². The highest BCUT2D eigenvalue weighted by Gasteiger charge is 2.25. The maximum atomic E-state index is 10.9. The van der Waals surface area contributed by atoms with Crippen molar-refractivity contribution in [2.75, 3.05) is 0 Å². The van der Waals surface area contributed by atoms with Crippen molar-refractivity contribution in [3.63, 3.8) is 0 Å². The number of carbonyl (C=O) groups is 1. The van der Waals surface area contributed by atoms with Crippen molar-refractivity contribution in [3.05, 3.63) is 11.6 Å². The molecular weight excluding hydrogens is 206 g/mol. The van der Waals surface area contributed by atoms with Crippen LogP contribution in [-0.4, -0.2) is 29.3 Å². The summed E-state index contributed by atoms with van der Waals surface area (Å²) in [7, 11) is 0. The lowest BCUT2D eigenvalue weighted by Gasteiger charge is -2.27. The van der Waals surface area contributed by atoms with Gasteiger partial charge in [0.1, 0.15) is 0 Å². The second kappa shape index (κ2) is 6.01. The van der Waals surface area contributed by atoms with E-state index in [-0.39, 0.29) is 18.2 Å². The van der Waals surface area contributed by atoms with Crippen LogP contribution in [0.1, 0.15) is 39.5 Å². The third-order valence-electron chi connectivity index (χ3n) is 2.96. The summed E-state index contributed by atoms with van der Waals surface area (Å²) in [5.41, 5.74) is 6.21. The molecule has 0 saturated heterocycles. The molecule has 0 radical (unpaired) electrons. The normalized spacial score (nSPS) is 25.6. The summed E-state index contributed by atoms with van der Waals surface area (Å²) in [6, 6.07) is -0.101. The molecular formula is C12H21NO3. The van der Waals surface area contributed by atoms with Crippen LogP contribution in [0.4, 0.5) is 0 Å². The first kappa shape index (κ1) is 13.2. The standard InChI is InChI=1S/C12H21NO3/c1-3-10(4-2)16-11-6-8(12(14)15)5-9(13)7-11/h6,9-11H,3-5,7,13H2,1-2H3,(H,14,15). The highest BCUT2D eigenvalue weighted by atomic mass is 16.5. The molecule has 0 fully saturated rings. The predicted octanol–water partition coefficient (Wildman–Crippen LogP) is 1.69. The van der Waals surface area contributed by atoms with Gasteiger partial charge in [0.15, 0.2) is 0 Å². The molecule has 0 saturated carbocycles. The molecule has 0 heterocycles. The molecule has 0 aromatic rings. The first-order valence-electron chi connectivity index (χ1n) is 5.91. The number of nitrogens with two attached hydrogens (primary N) is 1. The van der Waals surface area contributed by atoms with E-state index in [1.54, 1.807) is 6.08 Å². The van der Waals surface area contributed by atoms with E-state index >= 15 is 0 Å². The van der Waals surface area contributed by atoms with Gasteiger partial charge >= 0.3 is 5.97 Å². The van der Waals surface area contributed by atoms with Crippen LogP contribution in [0.2, 0.25) is 0 Å². The number of hydrogen-bond acceptors (Lipinski definition) is 3. The Morgan fingerprint density at radius 2 is 2.25 bits per heavy atom. The highest BCUT2D eigenvalue weighted by Crippen LogP contribution is 2.22. The van der Waals surface area contributed by atoms with Gasteiger partial charge in [-0.25, -0.2) is 4.79 Å². The predicted molar refractivity (Wildman–Crippen MR) is 62.2 cm³/mol. The fourth-order valence-corrected chi connectivity index (χ4v) is 2.01. The van der Waals surface area contributed by atoms with Crippen LogP contribution in [-0.2, 0) is 9.53 Å². The van der Waals surface area contributed by atoms with Gasteiger partial charge in [0.25, 0.3) is 0 Å². The number of carboxylic acid groups (broad SMARTS) is 1. The van der Waals surface area contributed by atoms with Crippen LogP contribution in [0.5, 0.6) is 0 Å². The third kappa shape index (κ3) is 3.61. The first-order chi connectivity index (χ1) is 7.56. The summed E-state index contributed by atoms with van der Waals surface area (Å²) in [5.74, 6) is -0.881. The fraction of sp³-hybridized carbons (Fsp3) is 0.750. The van der Waals surface area contributed by atoms with Crippen LogP contribution < -0.4 is 5.73 Å². The smallest absolute Gasteiger partial charge is 0.331 e. The Kier molecular flexibility index (Phi) is 4.96. The topological polar surface area (TPSA) is 72.5 Å². The summed E-state index contributed by atoms with van der Waals surface area (Å²) in [4.78, 5) is 10.9. The maximum Gasteiger partial charge on any atom is 0.331 e. The second-order valence-corrected chi connectivity index (χ2v) is 4.31.